The van der Waals surface area contributed by atoms with Crippen molar-refractivity contribution in [2.75, 3.05) is 23.3 Å². The van der Waals surface area contributed by atoms with E-state index in [0.717, 1.165) is 4.31 Å². The largest absolute Gasteiger partial charge is 0.545 e. The zero-order chi connectivity index (χ0) is 23.3. The molecule has 10 heteroatoms. The van der Waals surface area contributed by atoms with Gasteiger partial charge in [0.2, 0.25) is 0 Å². The predicted octanol–water partition coefficient (Wildman–Crippen LogP) is 2.55. The van der Waals surface area contributed by atoms with E-state index in [-0.39, 0.29) is 22.8 Å². The lowest BCUT2D eigenvalue weighted by Gasteiger charge is -2.20. The maximum Gasteiger partial charge on any atom is 0.264 e. The minimum absolute atomic E-state index is 0.0956. The van der Waals surface area contributed by atoms with Crippen molar-refractivity contribution in [2.45, 2.75) is 4.90 Å². The molecule has 0 aromatic heterocycles. The highest BCUT2D eigenvalue weighted by molar-refractivity contribution is 7.92. The van der Waals surface area contributed by atoms with Gasteiger partial charge in [0.15, 0.2) is 6.61 Å². The van der Waals surface area contributed by atoms with Crippen LogP contribution in [-0.4, -0.2) is 33.9 Å². The van der Waals surface area contributed by atoms with Crippen molar-refractivity contribution in [2.24, 2.45) is 0 Å². The molecular formula is C22H18ClN2O6S-. The fourth-order valence-electron chi connectivity index (χ4n) is 2.76. The summed E-state index contributed by atoms with van der Waals surface area (Å²) in [4.78, 5) is 23.3. The zero-order valence-corrected chi connectivity index (χ0v) is 18.4. The van der Waals surface area contributed by atoms with E-state index in [9.17, 15) is 23.1 Å². The van der Waals surface area contributed by atoms with Gasteiger partial charge in [-0.05, 0) is 54.6 Å². The van der Waals surface area contributed by atoms with E-state index in [1.807, 2.05) is 0 Å². The topological polar surface area (TPSA) is 116 Å². The van der Waals surface area contributed by atoms with Crippen LogP contribution in [0.2, 0.25) is 5.02 Å². The van der Waals surface area contributed by atoms with E-state index < -0.39 is 21.9 Å². The molecule has 0 atom stereocenters. The van der Waals surface area contributed by atoms with Crippen LogP contribution in [0.15, 0.2) is 77.7 Å². The van der Waals surface area contributed by atoms with Crippen LogP contribution < -0.4 is 19.5 Å². The first-order chi connectivity index (χ1) is 15.2. The molecule has 0 spiro atoms. The molecular weight excluding hydrogens is 456 g/mol. The lowest BCUT2D eigenvalue weighted by atomic mass is 10.2. The summed E-state index contributed by atoms with van der Waals surface area (Å²) in [6.45, 7) is -0.375. The number of hydrogen-bond acceptors (Lipinski definition) is 6. The Hall–Kier alpha value is -3.56. The number of para-hydroxylation sites is 1. The van der Waals surface area contributed by atoms with Gasteiger partial charge in [-0.1, -0.05) is 29.8 Å². The maximum atomic E-state index is 12.7. The van der Waals surface area contributed by atoms with E-state index in [1.165, 1.54) is 73.8 Å². The van der Waals surface area contributed by atoms with Crippen molar-refractivity contribution in [3.05, 3.63) is 83.4 Å². The molecule has 32 heavy (non-hydrogen) atoms. The number of carboxylic acids is 1. The van der Waals surface area contributed by atoms with Crippen LogP contribution in [-0.2, 0) is 14.8 Å². The molecule has 0 saturated heterocycles. The molecule has 1 N–H and O–H groups in total. The van der Waals surface area contributed by atoms with Crippen LogP contribution in [0.3, 0.4) is 0 Å². The van der Waals surface area contributed by atoms with Gasteiger partial charge in [0.05, 0.1) is 16.6 Å². The second-order valence-electron chi connectivity index (χ2n) is 6.59. The monoisotopic (exact) mass is 473 g/mol. The Morgan fingerprint density at radius 2 is 1.62 bits per heavy atom. The summed E-state index contributed by atoms with van der Waals surface area (Å²) in [6, 6.07) is 17.8. The summed E-state index contributed by atoms with van der Waals surface area (Å²) in [6.07, 6.45) is 0. The van der Waals surface area contributed by atoms with Gasteiger partial charge in [-0.3, -0.25) is 9.10 Å². The van der Waals surface area contributed by atoms with Crippen molar-refractivity contribution in [1.29, 1.82) is 0 Å². The Labute approximate surface area is 190 Å². The summed E-state index contributed by atoms with van der Waals surface area (Å²) in [5, 5.41) is 14.0. The third-order valence-electron chi connectivity index (χ3n) is 4.46. The molecule has 8 nitrogen and oxygen atoms in total. The number of halogens is 1. The molecule has 3 rings (SSSR count). The highest BCUT2D eigenvalue weighted by atomic mass is 35.5. The zero-order valence-electron chi connectivity index (χ0n) is 16.8. The lowest BCUT2D eigenvalue weighted by molar-refractivity contribution is -0.254. The lowest BCUT2D eigenvalue weighted by Crippen LogP contribution is -2.26. The number of rotatable bonds is 8. The third kappa shape index (κ3) is 5.37. The second-order valence-corrected chi connectivity index (χ2v) is 9.00. The number of carboxylic acid groups (broad SMARTS) is 1. The van der Waals surface area contributed by atoms with Gasteiger partial charge < -0.3 is 20.0 Å². The molecule has 3 aromatic rings. The van der Waals surface area contributed by atoms with Crippen molar-refractivity contribution in [1.82, 2.24) is 0 Å². The van der Waals surface area contributed by atoms with Crippen molar-refractivity contribution in [3.63, 3.8) is 0 Å². The van der Waals surface area contributed by atoms with Crippen LogP contribution in [0.1, 0.15) is 10.4 Å². The fraction of sp³-hybridized carbons (Fsp3) is 0.0909. The van der Waals surface area contributed by atoms with E-state index in [2.05, 4.69) is 5.32 Å². The van der Waals surface area contributed by atoms with Gasteiger partial charge in [-0.15, -0.1) is 0 Å². The Kier molecular flexibility index (Phi) is 7.01. The molecule has 0 bridgehead atoms. The van der Waals surface area contributed by atoms with Crippen LogP contribution in [0.25, 0.3) is 0 Å². The van der Waals surface area contributed by atoms with Crippen LogP contribution in [0.4, 0.5) is 11.4 Å². The van der Waals surface area contributed by atoms with Crippen molar-refractivity contribution >= 4 is 44.9 Å². The number of sulfonamides is 1. The molecule has 166 valence electrons. The Morgan fingerprint density at radius 1 is 1.00 bits per heavy atom. The highest BCUT2D eigenvalue weighted by Crippen LogP contribution is 2.25. The van der Waals surface area contributed by atoms with Gasteiger partial charge in [0.1, 0.15) is 5.75 Å². The van der Waals surface area contributed by atoms with Gasteiger partial charge in [-0.2, -0.15) is 0 Å². The average Bonchev–Trinajstić information content (AvgIpc) is 2.78. The van der Waals surface area contributed by atoms with Gasteiger partial charge >= 0.3 is 0 Å². The molecule has 0 saturated carbocycles. The number of nitrogens with one attached hydrogen (secondary N) is 1. The maximum absolute atomic E-state index is 12.7. The number of hydrogen-bond donors (Lipinski definition) is 1. The molecule has 0 radical (unpaired) electrons. The predicted molar refractivity (Wildman–Crippen MR) is 118 cm³/mol. The number of nitrogens with zero attached hydrogens (tertiary/aromatic N) is 1. The number of amides is 1. The first-order valence-corrected chi connectivity index (χ1v) is 11.1. The number of carbonyl (C=O) groups excluding carboxylic acids is 2. The number of ether oxygens (including phenoxy) is 1. The van der Waals surface area contributed by atoms with Gasteiger partial charge in [0.25, 0.3) is 15.9 Å². The van der Waals surface area contributed by atoms with E-state index in [1.54, 1.807) is 6.07 Å². The van der Waals surface area contributed by atoms with Crippen LogP contribution >= 0.6 is 11.6 Å². The minimum Gasteiger partial charge on any atom is -0.545 e. The summed E-state index contributed by atoms with van der Waals surface area (Å²) >= 11 is 5.81. The molecule has 3 aromatic carbocycles. The number of benzene rings is 3. The Bertz CT molecular complexity index is 1230. The second kappa shape index (κ2) is 9.71. The van der Waals surface area contributed by atoms with E-state index in [4.69, 9.17) is 16.3 Å². The Balaban J connectivity index is 1.63. The van der Waals surface area contributed by atoms with E-state index >= 15 is 0 Å². The fourth-order valence-corrected chi connectivity index (χ4v) is 4.08. The normalized spacial score (nSPS) is 10.9. The summed E-state index contributed by atoms with van der Waals surface area (Å²) in [7, 11) is -2.36. The molecule has 0 aliphatic heterocycles. The minimum atomic E-state index is -3.78. The van der Waals surface area contributed by atoms with Crippen LogP contribution in [0.5, 0.6) is 5.75 Å². The molecule has 0 heterocycles. The van der Waals surface area contributed by atoms with Gasteiger partial charge in [0, 0.05) is 23.3 Å². The standard InChI is InChI=1S/C22H19ClN2O6S/c1-25(32(29,30)18-12-6-15(23)7-13-18)16-8-10-17(11-9-16)31-14-21(26)24-20-5-3-2-4-19(20)22(27)28/h2-13H,14H2,1H3,(H,24,26)(H,27,28)/p-1. The van der Waals surface area contributed by atoms with Crippen LogP contribution in [0, 0.1) is 0 Å². The van der Waals surface area contributed by atoms with Crippen molar-refractivity contribution in [3.8, 4) is 5.75 Å². The summed E-state index contributed by atoms with van der Waals surface area (Å²) in [5.74, 6) is -1.64. The molecule has 0 aliphatic rings. The van der Waals surface area contributed by atoms with Gasteiger partial charge in [-0.25, -0.2) is 8.42 Å². The summed E-state index contributed by atoms with van der Waals surface area (Å²) in [5.41, 5.74) is 0.347. The van der Waals surface area contributed by atoms with E-state index in [0.29, 0.717) is 16.5 Å². The summed E-state index contributed by atoms with van der Waals surface area (Å²) < 4.78 is 32.0. The molecule has 0 fully saturated rings. The SMILES string of the molecule is CN(c1ccc(OCC(=O)Nc2ccccc2C(=O)[O-])cc1)S(=O)(=O)c1ccc(Cl)cc1. The van der Waals surface area contributed by atoms with Crippen molar-refractivity contribution < 1.29 is 27.9 Å². The number of anilines is 2. The molecule has 0 aliphatic carbocycles. The first kappa shape index (κ1) is 23.1. The quantitative estimate of drug-likeness (QED) is 0.537. The average molecular weight is 474 g/mol. The smallest absolute Gasteiger partial charge is 0.264 e. The Morgan fingerprint density at radius 3 is 2.25 bits per heavy atom. The number of aromatic carboxylic acids is 1. The first-order valence-electron chi connectivity index (χ1n) is 9.26. The molecule has 1 amide bonds. The highest BCUT2D eigenvalue weighted by Gasteiger charge is 2.21. The molecule has 0 unspecified atom stereocenters. The third-order valence-corrected chi connectivity index (χ3v) is 6.52. The number of carbonyl (C=O) groups is 2.